The second kappa shape index (κ2) is 7.18. The maximum atomic E-state index is 13.0. The number of halogens is 6. The molecule has 0 saturated carbocycles. The van der Waals surface area contributed by atoms with Gasteiger partial charge in [-0.1, -0.05) is 0 Å². The van der Waals surface area contributed by atoms with Crippen LogP contribution < -0.4 is 4.74 Å². The number of nitrogens with zero attached hydrogens (tertiary/aromatic N) is 1. The van der Waals surface area contributed by atoms with Gasteiger partial charge in [0.15, 0.2) is 0 Å². The van der Waals surface area contributed by atoms with Gasteiger partial charge in [-0.25, -0.2) is 13.8 Å². The van der Waals surface area contributed by atoms with Crippen LogP contribution in [0.5, 0.6) is 5.75 Å². The van der Waals surface area contributed by atoms with Gasteiger partial charge >= 0.3 is 12.3 Å². The zero-order chi connectivity index (χ0) is 16.2. The Balaban J connectivity index is 3.25. The molecule has 0 aliphatic rings. The third-order valence-corrected chi connectivity index (χ3v) is 2.68. The van der Waals surface area contributed by atoms with E-state index in [0.717, 1.165) is 6.07 Å². The number of esters is 1. The van der Waals surface area contributed by atoms with Gasteiger partial charge in [-0.3, -0.25) is 4.79 Å². The Bertz CT molecular complexity index is 521. The third-order valence-electron chi connectivity index (χ3n) is 2.13. The van der Waals surface area contributed by atoms with Crippen LogP contribution in [-0.4, -0.2) is 23.9 Å². The minimum Gasteiger partial charge on any atom is -0.466 e. The van der Waals surface area contributed by atoms with E-state index in [1.54, 1.807) is 0 Å². The van der Waals surface area contributed by atoms with Crippen molar-refractivity contribution in [2.45, 2.75) is 26.1 Å². The Morgan fingerprint density at radius 1 is 1.43 bits per heavy atom. The first-order chi connectivity index (χ1) is 9.64. The van der Waals surface area contributed by atoms with Crippen molar-refractivity contribution in [1.29, 1.82) is 0 Å². The lowest BCUT2D eigenvalue weighted by Crippen LogP contribution is -2.20. The van der Waals surface area contributed by atoms with Crippen LogP contribution in [0.25, 0.3) is 0 Å². The standard InChI is InChI=1S/C11H9F5INO3/c1-2-20-8(19)3-5-9(10(12)13)6(4-7(17)18-5)21-11(14,15)16/h4,10H,2-3H2,1H3. The Morgan fingerprint density at radius 2 is 2.05 bits per heavy atom. The summed E-state index contributed by atoms with van der Waals surface area (Å²) in [6.45, 7) is 1.52. The van der Waals surface area contributed by atoms with E-state index in [-0.39, 0.29) is 10.3 Å². The van der Waals surface area contributed by atoms with Crippen LogP contribution in [0.15, 0.2) is 6.07 Å². The van der Waals surface area contributed by atoms with Crippen LogP contribution in [0.1, 0.15) is 24.6 Å². The van der Waals surface area contributed by atoms with Gasteiger partial charge in [-0.15, -0.1) is 13.2 Å². The Kier molecular flexibility index (Phi) is 6.10. The lowest BCUT2D eigenvalue weighted by atomic mass is 10.1. The molecule has 0 aromatic carbocycles. The van der Waals surface area contributed by atoms with Gasteiger partial charge in [0.25, 0.3) is 6.43 Å². The summed E-state index contributed by atoms with van der Waals surface area (Å²) in [4.78, 5) is 15.0. The molecule has 21 heavy (non-hydrogen) atoms. The molecule has 0 radical (unpaired) electrons. The number of alkyl halides is 5. The van der Waals surface area contributed by atoms with Crippen LogP contribution in [0.2, 0.25) is 0 Å². The van der Waals surface area contributed by atoms with Crippen molar-refractivity contribution in [3.8, 4) is 5.75 Å². The Hall–Kier alpha value is -1.20. The summed E-state index contributed by atoms with van der Waals surface area (Å²) in [7, 11) is 0. The maximum absolute atomic E-state index is 13.0. The number of aromatic nitrogens is 1. The molecule has 4 nitrogen and oxygen atoms in total. The molecule has 0 amide bonds. The number of ether oxygens (including phenoxy) is 2. The van der Waals surface area contributed by atoms with Crippen molar-refractivity contribution in [1.82, 2.24) is 4.98 Å². The smallest absolute Gasteiger partial charge is 0.466 e. The predicted octanol–water partition coefficient (Wildman–Crippen LogP) is 3.63. The quantitative estimate of drug-likeness (QED) is 0.313. The normalized spacial score (nSPS) is 11.6. The molecule has 1 heterocycles. The molecule has 118 valence electrons. The van der Waals surface area contributed by atoms with Crippen molar-refractivity contribution in [2.75, 3.05) is 6.61 Å². The largest absolute Gasteiger partial charge is 0.573 e. The second-order valence-electron chi connectivity index (χ2n) is 3.63. The molecule has 1 aromatic heterocycles. The van der Waals surface area contributed by atoms with Crippen LogP contribution >= 0.6 is 22.6 Å². The SMILES string of the molecule is CCOC(=O)Cc1nc(I)cc(OC(F)(F)F)c1C(F)F. The van der Waals surface area contributed by atoms with Gasteiger partial charge in [-0.2, -0.15) is 0 Å². The highest BCUT2D eigenvalue weighted by molar-refractivity contribution is 14.1. The molecule has 0 atom stereocenters. The van der Waals surface area contributed by atoms with Crippen molar-refractivity contribution >= 4 is 28.6 Å². The number of rotatable bonds is 5. The first kappa shape index (κ1) is 17.9. The molecule has 1 aromatic rings. The predicted molar refractivity (Wildman–Crippen MR) is 68.9 cm³/mol. The lowest BCUT2D eigenvalue weighted by Gasteiger charge is -2.16. The molecular weight excluding hydrogens is 416 g/mol. The van der Waals surface area contributed by atoms with Crippen LogP contribution in [0.3, 0.4) is 0 Å². The van der Waals surface area contributed by atoms with E-state index in [9.17, 15) is 26.7 Å². The van der Waals surface area contributed by atoms with E-state index in [1.807, 2.05) is 0 Å². The fourth-order valence-electron chi connectivity index (χ4n) is 1.48. The molecule has 0 aliphatic heterocycles. The summed E-state index contributed by atoms with van der Waals surface area (Å²) in [5.74, 6) is -1.94. The van der Waals surface area contributed by atoms with Crippen LogP contribution in [-0.2, 0) is 16.0 Å². The highest BCUT2D eigenvalue weighted by atomic mass is 127. The average molecular weight is 425 g/mol. The van der Waals surface area contributed by atoms with Crippen LogP contribution in [0, 0.1) is 3.70 Å². The van der Waals surface area contributed by atoms with Crippen molar-refractivity contribution in [2.24, 2.45) is 0 Å². The molecule has 1 rings (SSSR count). The van der Waals surface area contributed by atoms with Gasteiger partial charge < -0.3 is 9.47 Å². The van der Waals surface area contributed by atoms with E-state index >= 15 is 0 Å². The zero-order valence-corrected chi connectivity index (χ0v) is 12.7. The Morgan fingerprint density at radius 3 is 2.52 bits per heavy atom. The lowest BCUT2D eigenvalue weighted by molar-refractivity contribution is -0.275. The van der Waals surface area contributed by atoms with E-state index in [1.165, 1.54) is 29.5 Å². The maximum Gasteiger partial charge on any atom is 0.573 e. The highest BCUT2D eigenvalue weighted by Gasteiger charge is 2.35. The summed E-state index contributed by atoms with van der Waals surface area (Å²) < 4.78 is 70.9. The van der Waals surface area contributed by atoms with Crippen molar-refractivity contribution < 1.29 is 36.2 Å². The fraction of sp³-hybridized carbons (Fsp3) is 0.455. The van der Waals surface area contributed by atoms with E-state index in [2.05, 4.69) is 14.5 Å². The summed E-state index contributed by atoms with van der Waals surface area (Å²) >= 11 is 1.54. The van der Waals surface area contributed by atoms with E-state index in [0.29, 0.717) is 0 Å². The third kappa shape index (κ3) is 5.59. The van der Waals surface area contributed by atoms with Gasteiger partial charge in [0, 0.05) is 6.07 Å². The summed E-state index contributed by atoms with van der Waals surface area (Å²) in [5.41, 5.74) is -1.57. The molecule has 0 unspecified atom stereocenters. The zero-order valence-electron chi connectivity index (χ0n) is 10.5. The fourth-order valence-corrected chi connectivity index (χ4v) is 2.05. The first-order valence-electron chi connectivity index (χ1n) is 5.52. The second-order valence-corrected chi connectivity index (χ2v) is 4.74. The van der Waals surface area contributed by atoms with Crippen molar-refractivity contribution in [3.05, 3.63) is 21.0 Å². The minimum atomic E-state index is -5.13. The van der Waals surface area contributed by atoms with Gasteiger partial charge in [0.2, 0.25) is 0 Å². The molecule has 0 N–H and O–H groups in total. The molecule has 0 fully saturated rings. The van der Waals surface area contributed by atoms with Gasteiger partial charge in [-0.05, 0) is 29.5 Å². The molecule has 0 aliphatic carbocycles. The van der Waals surface area contributed by atoms with E-state index < -0.39 is 42.2 Å². The Labute approximate surface area is 129 Å². The summed E-state index contributed by atoms with van der Waals surface area (Å²) in [6, 6.07) is 0.726. The molecule has 0 bridgehead atoms. The van der Waals surface area contributed by atoms with Crippen molar-refractivity contribution in [3.63, 3.8) is 0 Å². The first-order valence-corrected chi connectivity index (χ1v) is 6.60. The number of hydrogen-bond donors (Lipinski definition) is 0. The van der Waals surface area contributed by atoms with E-state index in [4.69, 9.17) is 0 Å². The number of hydrogen-bond acceptors (Lipinski definition) is 4. The molecule has 10 heteroatoms. The molecular formula is C11H9F5INO3. The van der Waals surface area contributed by atoms with Gasteiger partial charge in [0.1, 0.15) is 9.45 Å². The number of pyridine rings is 1. The minimum absolute atomic E-state index is 0.0126. The molecule has 0 saturated heterocycles. The monoisotopic (exact) mass is 425 g/mol. The average Bonchev–Trinajstić information content (AvgIpc) is 2.24. The number of carbonyl (C=O) groups is 1. The highest BCUT2D eigenvalue weighted by Crippen LogP contribution is 2.36. The van der Waals surface area contributed by atoms with Crippen LogP contribution in [0.4, 0.5) is 22.0 Å². The number of carbonyl (C=O) groups excluding carboxylic acids is 1. The topological polar surface area (TPSA) is 48.4 Å². The van der Waals surface area contributed by atoms with Gasteiger partial charge in [0.05, 0.1) is 24.3 Å². The summed E-state index contributed by atoms with van der Waals surface area (Å²) in [6.07, 6.45) is -9.08. The molecule has 0 spiro atoms. The summed E-state index contributed by atoms with van der Waals surface area (Å²) in [5, 5.41) is 0.